The van der Waals surface area contributed by atoms with Crippen LogP contribution in [0.5, 0.6) is 0 Å². The first-order valence-corrected chi connectivity index (χ1v) is 6.89. The summed E-state index contributed by atoms with van der Waals surface area (Å²) < 4.78 is 4.00. The average Bonchev–Trinajstić information content (AvgIpc) is 3.11. The number of fused-ring (bicyclic) bond motifs is 1. The first kappa shape index (κ1) is 13.4. The summed E-state index contributed by atoms with van der Waals surface area (Å²) in [6.07, 6.45) is 4.48. The molecule has 1 aromatic carbocycles. The van der Waals surface area contributed by atoms with Crippen LogP contribution in [-0.2, 0) is 19.5 Å². The van der Waals surface area contributed by atoms with Gasteiger partial charge in [0.1, 0.15) is 5.82 Å². The Kier molecular flexibility index (Phi) is 3.43. The van der Waals surface area contributed by atoms with E-state index in [2.05, 4.69) is 14.6 Å². The van der Waals surface area contributed by atoms with Gasteiger partial charge in [-0.3, -0.25) is 4.68 Å². The minimum Gasteiger partial charge on any atom is -0.478 e. The molecule has 0 bridgehead atoms. The summed E-state index contributed by atoms with van der Waals surface area (Å²) in [5.41, 5.74) is 1.96. The van der Waals surface area contributed by atoms with Gasteiger partial charge in [0, 0.05) is 25.4 Å². The summed E-state index contributed by atoms with van der Waals surface area (Å²) in [6.45, 7) is 3.56. The number of rotatable bonds is 5. The number of hydrogen-bond acceptors (Lipinski definition) is 3. The largest absolute Gasteiger partial charge is 0.478 e. The molecule has 3 aromatic rings. The molecule has 2 aromatic heterocycles. The molecule has 2 heterocycles. The molecule has 0 spiro atoms. The van der Waals surface area contributed by atoms with E-state index in [0.717, 1.165) is 36.4 Å². The summed E-state index contributed by atoms with van der Waals surface area (Å²) in [4.78, 5) is 15.6. The minimum atomic E-state index is -0.930. The Morgan fingerprint density at radius 2 is 2.19 bits per heavy atom. The quantitative estimate of drug-likeness (QED) is 0.779. The molecule has 0 aliphatic rings. The van der Waals surface area contributed by atoms with Crippen LogP contribution < -0.4 is 0 Å². The lowest BCUT2D eigenvalue weighted by Crippen LogP contribution is -2.10. The highest BCUT2D eigenvalue weighted by Crippen LogP contribution is 2.19. The molecular weight excluding hydrogens is 268 g/mol. The number of hydrogen-bond donors (Lipinski definition) is 1. The van der Waals surface area contributed by atoms with Crippen molar-refractivity contribution in [3.05, 3.63) is 48.0 Å². The van der Waals surface area contributed by atoms with Gasteiger partial charge in [-0.25, -0.2) is 9.78 Å². The van der Waals surface area contributed by atoms with Crippen LogP contribution >= 0.6 is 0 Å². The third-order valence-electron chi connectivity index (χ3n) is 3.50. The predicted molar refractivity (Wildman–Crippen MR) is 78.3 cm³/mol. The minimum absolute atomic E-state index is 0.266. The zero-order valence-electron chi connectivity index (χ0n) is 11.7. The van der Waals surface area contributed by atoms with Crippen LogP contribution in [0, 0.1) is 0 Å². The van der Waals surface area contributed by atoms with Gasteiger partial charge >= 0.3 is 5.97 Å². The average molecular weight is 284 g/mol. The van der Waals surface area contributed by atoms with Gasteiger partial charge in [0.2, 0.25) is 0 Å². The standard InChI is InChI=1S/C15H16N4O2/c1-2-14-17-12-10-11(15(20)21)4-5-13(12)19(14)9-8-18-7-3-6-16-18/h3-7,10H,2,8-9H2,1H3,(H,20,21). The van der Waals surface area contributed by atoms with Crippen molar-refractivity contribution in [2.45, 2.75) is 26.4 Å². The van der Waals surface area contributed by atoms with Gasteiger partial charge in [-0.2, -0.15) is 5.10 Å². The van der Waals surface area contributed by atoms with Crippen molar-refractivity contribution in [3.8, 4) is 0 Å². The lowest BCUT2D eigenvalue weighted by atomic mass is 10.2. The molecular formula is C15H16N4O2. The Balaban J connectivity index is 1.97. The number of aromatic carboxylic acids is 1. The van der Waals surface area contributed by atoms with E-state index in [-0.39, 0.29) is 5.56 Å². The zero-order valence-corrected chi connectivity index (χ0v) is 11.7. The van der Waals surface area contributed by atoms with Crippen molar-refractivity contribution in [2.24, 2.45) is 0 Å². The number of aryl methyl sites for hydroxylation is 3. The lowest BCUT2D eigenvalue weighted by molar-refractivity contribution is 0.0697. The number of carbonyl (C=O) groups is 1. The maximum absolute atomic E-state index is 11.0. The van der Waals surface area contributed by atoms with E-state index in [1.165, 1.54) is 0 Å². The highest BCUT2D eigenvalue weighted by atomic mass is 16.4. The molecule has 0 fully saturated rings. The maximum Gasteiger partial charge on any atom is 0.335 e. The maximum atomic E-state index is 11.0. The fraction of sp³-hybridized carbons (Fsp3) is 0.267. The van der Waals surface area contributed by atoms with E-state index < -0.39 is 5.97 Å². The van der Waals surface area contributed by atoms with Crippen molar-refractivity contribution in [1.82, 2.24) is 19.3 Å². The fourth-order valence-corrected chi connectivity index (χ4v) is 2.47. The Morgan fingerprint density at radius 3 is 2.86 bits per heavy atom. The molecule has 0 saturated heterocycles. The van der Waals surface area contributed by atoms with Crippen LogP contribution in [0.1, 0.15) is 23.1 Å². The number of imidazole rings is 1. The van der Waals surface area contributed by atoms with Crippen molar-refractivity contribution in [1.29, 1.82) is 0 Å². The van der Waals surface area contributed by atoms with E-state index in [4.69, 9.17) is 5.11 Å². The Hall–Kier alpha value is -2.63. The van der Waals surface area contributed by atoms with E-state index in [1.54, 1.807) is 18.3 Å². The van der Waals surface area contributed by atoms with E-state index in [9.17, 15) is 4.79 Å². The summed E-state index contributed by atoms with van der Waals surface area (Å²) in [5, 5.41) is 13.3. The van der Waals surface area contributed by atoms with Gasteiger partial charge in [0.05, 0.1) is 23.1 Å². The van der Waals surface area contributed by atoms with Gasteiger partial charge in [0.25, 0.3) is 0 Å². The smallest absolute Gasteiger partial charge is 0.335 e. The van der Waals surface area contributed by atoms with Crippen LogP contribution in [0.4, 0.5) is 0 Å². The monoisotopic (exact) mass is 284 g/mol. The molecule has 3 rings (SSSR count). The van der Waals surface area contributed by atoms with E-state index >= 15 is 0 Å². The number of carboxylic acid groups (broad SMARTS) is 1. The van der Waals surface area contributed by atoms with Crippen LogP contribution in [0.2, 0.25) is 0 Å². The molecule has 0 aliphatic heterocycles. The molecule has 0 amide bonds. The summed E-state index contributed by atoms with van der Waals surface area (Å²) >= 11 is 0. The second-order valence-corrected chi connectivity index (χ2v) is 4.81. The highest BCUT2D eigenvalue weighted by molar-refractivity contribution is 5.92. The number of benzene rings is 1. The van der Waals surface area contributed by atoms with Crippen molar-refractivity contribution in [2.75, 3.05) is 0 Å². The normalized spacial score (nSPS) is 11.1. The third-order valence-corrected chi connectivity index (χ3v) is 3.50. The first-order chi connectivity index (χ1) is 10.2. The SMILES string of the molecule is CCc1nc2cc(C(=O)O)ccc2n1CCn1cccn1. The second kappa shape index (κ2) is 5.40. The molecule has 108 valence electrons. The van der Waals surface area contributed by atoms with Gasteiger partial charge < -0.3 is 9.67 Å². The van der Waals surface area contributed by atoms with E-state index in [1.807, 2.05) is 29.9 Å². The summed E-state index contributed by atoms with van der Waals surface area (Å²) in [7, 11) is 0. The lowest BCUT2D eigenvalue weighted by Gasteiger charge is -2.08. The van der Waals surface area contributed by atoms with Gasteiger partial charge in [0.15, 0.2) is 0 Å². The van der Waals surface area contributed by atoms with Crippen LogP contribution in [0.15, 0.2) is 36.7 Å². The fourth-order valence-electron chi connectivity index (χ4n) is 2.47. The number of carboxylic acids is 1. The molecule has 0 unspecified atom stereocenters. The van der Waals surface area contributed by atoms with Crippen LogP contribution in [0.25, 0.3) is 11.0 Å². The second-order valence-electron chi connectivity index (χ2n) is 4.81. The molecule has 6 nitrogen and oxygen atoms in total. The van der Waals surface area contributed by atoms with Crippen LogP contribution in [0.3, 0.4) is 0 Å². The topological polar surface area (TPSA) is 72.9 Å². The molecule has 0 atom stereocenters. The Bertz CT molecular complexity index is 774. The van der Waals surface area contributed by atoms with Crippen molar-refractivity contribution >= 4 is 17.0 Å². The molecule has 1 N–H and O–H groups in total. The van der Waals surface area contributed by atoms with Gasteiger partial charge in [-0.05, 0) is 24.3 Å². The van der Waals surface area contributed by atoms with Gasteiger partial charge in [-0.15, -0.1) is 0 Å². The number of nitrogens with zero attached hydrogens (tertiary/aromatic N) is 4. The summed E-state index contributed by atoms with van der Waals surface area (Å²) in [6, 6.07) is 6.97. The van der Waals surface area contributed by atoms with Crippen molar-refractivity contribution in [3.63, 3.8) is 0 Å². The highest BCUT2D eigenvalue weighted by Gasteiger charge is 2.12. The summed E-state index contributed by atoms with van der Waals surface area (Å²) in [5.74, 6) is 0.0285. The molecule has 0 saturated carbocycles. The zero-order chi connectivity index (χ0) is 14.8. The Morgan fingerprint density at radius 1 is 1.33 bits per heavy atom. The third kappa shape index (κ3) is 2.52. The molecule has 0 aliphatic carbocycles. The first-order valence-electron chi connectivity index (χ1n) is 6.89. The van der Waals surface area contributed by atoms with Crippen molar-refractivity contribution < 1.29 is 9.90 Å². The Labute approximate surface area is 121 Å². The number of aromatic nitrogens is 4. The van der Waals surface area contributed by atoms with Crippen LogP contribution in [-0.4, -0.2) is 30.4 Å². The molecule has 6 heteroatoms. The molecule has 0 radical (unpaired) electrons. The van der Waals surface area contributed by atoms with Gasteiger partial charge in [-0.1, -0.05) is 6.92 Å². The van der Waals surface area contributed by atoms with E-state index in [0.29, 0.717) is 0 Å². The molecule has 21 heavy (non-hydrogen) atoms. The predicted octanol–water partition coefficient (Wildman–Crippen LogP) is 2.19.